The van der Waals surface area contributed by atoms with Gasteiger partial charge in [-0.3, -0.25) is 4.90 Å². The minimum atomic E-state index is 0.512. The van der Waals surface area contributed by atoms with Gasteiger partial charge in [0.05, 0.1) is 5.02 Å². The van der Waals surface area contributed by atoms with Crippen LogP contribution in [0.5, 0.6) is 0 Å². The summed E-state index contributed by atoms with van der Waals surface area (Å²) in [5.74, 6) is 0.660. The van der Waals surface area contributed by atoms with Crippen LogP contribution in [0.15, 0.2) is 18.3 Å². The molecule has 1 aliphatic rings. The molecule has 0 amide bonds. The minimum Gasteiger partial charge on any atom is -0.351 e. The van der Waals surface area contributed by atoms with E-state index in [1.165, 1.54) is 25.9 Å². The number of pyridine rings is 1. The van der Waals surface area contributed by atoms with E-state index in [4.69, 9.17) is 11.6 Å². The highest BCUT2D eigenvalue weighted by Gasteiger charge is 2.18. The number of halogens is 1. The van der Waals surface area contributed by atoms with E-state index in [1.807, 2.05) is 12.1 Å². The number of rotatable bonds is 4. The van der Waals surface area contributed by atoms with Crippen molar-refractivity contribution in [3.8, 4) is 0 Å². The molecule has 0 aliphatic carbocycles. The molecule has 5 nitrogen and oxygen atoms in total. The second kappa shape index (κ2) is 5.35. The molecule has 1 aliphatic heterocycles. The highest BCUT2D eigenvalue weighted by molar-refractivity contribution is 6.30. The van der Waals surface area contributed by atoms with Crippen LogP contribution in [-0.2, 0) is 0 Å². The molecule has 0 spiro atoms. The Morgan fingerprint density at radius 3 is 2.95 bits per heavy atom. The first-order valence-corrected chi connectivity index (χ1v) is 7.10. The van der Waals surface area contributed by atoms with Crippen molar-refractivity contribution in [1.82, 2.24) is 19.5 Å². The Labute approximate surface area is 117 Å². The molecule has 0 aromatic carbocycles. The van der Waals surface area contributed by atoms with Gasteiger partial charge in [0, 0.05) is 18.8 Å². The van der Waals surface area contributed by atoms with E-state index in [1.54, 1.807) is 10.7 Å². The monoisotopic (exact) mass is 279 g/mol. The largest absolute Gasteiger partial charge is 0.351 e. The summed E-state index contributed by atoms with van der Waals surface area (Å²) in [5, 5.41) is 8.33. The van der Waals surface area contributed by atoms with E-state index in [-0.39, 0.29) is 0 Å². The van der Waals surface area contributed by atoms with E-state index in [0.29, 0.717) is 17.0 Å². The second-order valence-corrected chi connectivity index (χ2v) is 5.49. The zero-order valence-electron chi connectivity index (χ0n) is 11.0. The third-order valence-electron chi connectivity index (χ3n) is 3.61. The van der Waals surface area contributed by atoms with E-state index in [9.17, 15) is 0 Å². The summed E-state index contributed by atoms with van der Waals surface area (Å²) in [6, 6.07) is 4.20. The van der Waals surface area contributed by atoms with Crippen LogP contribution in [0.3, 0.4) is 0 Å². The van der Waals surface area contributed by atoms with Crippen molar-refractivity contribution in [2.24, 2.45) is 0 Å². The van der Waals surface area contributed by atoms with Crippen molar-refractivity contribution in [3.05, 3.63) is 23.4 Å². The number of nitrogens with one attached hydrogen (secondary N) is 1. The maximum Gasteiger partial charge on any atom is 0.243 e. The fourth-order valence-corrected chi connectivity index (χ4v) is 2.64. The second-order valence-electron chi connectivity index (χ2n) is 5.06. The normalized spacial score (nSPS) is 18.0. The fraction of sp³-hybridized carbons (Fsp3) is 0.538. The van der Waals surface area contributed by atoms with Gasteiger partial charge in [0.25, 0.3) is 0 Å². The van der Waals surface area contributed by atoms with Gasteiger partial charge in [0.15, 0.2) is 5.65 Å². The number of likely N-dealkylation sites (tertiary alicyclic amines) is 1. The predicted molar refractivity (Wildman–Crippen MR) is 76.8 cm³/mol. The summed E-state index contributed by atoms with van der Waals surface area (Å²) in [6.07, 6.45) is 4.39. The van der Waals surface area contributed by atoms with Crippen LogP contribution in [-0.4, -0.2) is 45.2 Å². The van der Waals surface area contributed by atoms with Crippen LogP contribution in [0, 0.1) is 0 Å². The molecule has 1 N–H and O–H groups in total. The van der Waals surface area contributed by atoms with Gasteiger partial charge in [-0.15, -0.1) is 5.10 Å². The summed E-state index contributed by atoms with van der Waals surface area (Å²) in [7, 11) is 0. The number of fused-ring (bicyclic) bond motifs is 1. The molecule has 1 atom stereocenters. The average molecular weight is 280 g/mol. The number of anilines is 1. The van der Waals surface area contributed by atoms with Crippen molar-refractivity contribution in [1.29, 1.82) is 0 Å². The molecule has 19 heavy (non-hydrogen) atoms. The summed E-state index contributed by atoms with van der Waals surface area (Å²) in [6.45, 7) is 5.52. The summed E-state index contributed by atoms with van der Waals surface area (Å²) < 4.78 is 1.70. The van der Waals surface area contributed by atoms with Gasteiger partial charge in [-0.25, -0.2) is 4.52 Å². The Morgan fingerprint density at radius 2 is 2.16 bits per heavy atom. The predicted octanol–water partition coefficient (Wildman–Crippen LogP) is 2.28. The van der Waals surface area contributed by atoms with Crippen LogP contribution in [0.4, 0.5) is 5.95 Å². The molecule has 3 heterocycles. The third-order valence-corrected chi connectivity index (χ3v) is 3.84. The van der Waals surface area contributed by atoms with Gasteiger partial charge >= 0.3 is 0 Å². The lowest BCUT2D eigenvalue weighted by Crippen LogP contribution is -2.35. The van der Waals surface area contributed by atoms with Gasteiger partial charge < -0.3 is 5.32 Å². The van der Waals surface area contributed by atoms with E-state index in [0.717, 1.165) is 12.2 Å². The van der Waals surface area contributed by atoms with Crippen molar-refractivity contribution in [2.75, 3.05) is 25.0 Å². The SMILES string of the molecule is CC(CNc1nc2ccc(Cl)cn2n1)N1CCCC1. The maximum absolute atomic E-state index is 5.93. The van der Waals surface area contributed by atoms with Crippen molar-refractivity contribution in [2.45, 2.75) is 25.8 Å². The summed E-state index contributed by atoms with van der Waals surface area (Å²) in [5.41, 5.74) is 0.806. The minimum absolute atomic E-state index is 0.512. The molecule has 2 aromatic heterocycles. The first-order valence-electron chi connectivity index (χ1n) is 6.72. The van der Waals surface area contributed by atoms with Crippen molar-refractivity contribution >= 4 is 23.2 Å². The summed E-state index contributed by atoms with van der Waals surface area (Å²) >= 11 is 5.93. The molecule has 6 heteroatoms. The lowest BCUT2D eigenvalue weighted by atomic mass is 10.3. The lowest BCUT2D eigenvalue weighted by Gasteiger charge is -2.23. The number of hydrogen-bond donors (Lipinski definition) is 1. The molecule has 1 unspecified atom stereocenters. The van der Waals surface area contributed by atoms with Gasteiger partial charge in [-0.05, 0) is 45.0 Å². The van der Waals surface area contributed by atoms with Crippen LogP contribution in [0.2, 0.25) is 5.02 Å². The molecule has 0 radical (unpaired) electrons. The average Bonchev–Trinajstić information content (AvgIpc) is 3.04. The van der Waals surface area contributed by atoms with E-state index >= 15 is 0 Å². The molecule has 102 valence electrons. The highest BCUT2D eigenvalue weighted by atomic mass is 35.5. The van der Waals surface area contributed by atoms with E-state index in [2.05, 4.69) is 27.2 Å². The van der Waals surface area contributed by atoms with Crippen molar-refractivity contribution < 1.29 is 0 Å². The Balaban J connectivity index is 1.64. The Hall–Kier alpha value is -1.33. The quantitative estimate of drug-likeness (QED) is 0.933. The third kappa shape index (κ3) is 2.82. The topological polar surface area (TPSA) is 45.5 Å². The van der Waals surface area contributed by atoms with Gasteiger partial charge in [0.1, 0.15) is 0 Å². The fourth-order valence-electron chi connectivity index (χ4n) is 2.48. The van der Waals surface area contributed by atoms with E-state index < -0.39 is 0 Å². The number of hydrogen-bond acceptors (Lipinski definition) is 4. The first kappa shape index (κ1) is 12.7. The molecular formula is C13H18ClN5. The molecule has 0 bridgehead atoms. The standard InChI is InChI=1S/C13H18ClN5/c1-10(18-6-2-3-7-18)8-15-13-16-12-5-4-11(14)9-19(12)17-13/h4-5,9-10H,2-3,6-8H2,1H3,(H,15,17). The lowest BCUT2D eigenvalue weighted by molar-refractivity contribution is 0.269. The number of nitrogens with zero attached hydrogens (tertiary/aromatic N) is 4. The zero-order valence-corrected chi connectivity index (χ0v) is 11.8. The number of aromatic nitrogens is 3. The first-order chi connectivity index (χ1) is 9.22. The van der Waals surface area contributed by atoms with Crippen LogP contribution < -0.4 is 5.32 Å². The maximum atomic E-state index is 5.93. The smallest absolute Gasteiger partial charge is 0.243 e. The Kier molecular flexibility index (Phi) is 3.57. The van der Waals surface area contributed by atoms with Crippen molar-refractivity contribution in [3.63, 3.8) is 0 Å². The van der Waals surface area contributed by atoms with Gasteiger partial charge in [-0.2, -0.15) is 4.98 Å². The molecule has 3 rings (SSSR count). The van der Waals surface area contributed by atoms with Crippen LogP contribution >= 0.6 is 11.6 Å². The van der Waals surface area contributed by atoms with Crippen LogP contribution in [0.25, 0.3) is 5.65 Å². The molecular weight excluding hydrogens is 262 g/mol. The Bertz CT molecular complexity index is 561. The zero-order chi connectivity index (χ0) is 13.2. The molecule has 0 saturated carbocycles. The summed E-state index contributed by atoms with van der Waals surface area (Å²) in [4.78, 5) is 6.92. The van der Waals surface area contributed by atoms with Gasteiger partial charge in [-0.1, -0.05) is 11.6 Å². The molecule has 1 fully saturated rings. The molecule has 2 aromatic rings. The Morgan fingerprint density at radius 1 is 1.37 bits per heavy atom. The highest BCUT2D eigenvalue weighted by Crippen LogP contribution is 2.13. The molecule has 1 saturated heterocycles. The van der Waals surface area contributed by atoms with Gasteiger partial charge in [0.2, 0.25) is 5.95 Å². The van der Waals surface area contributed by atoms with Crippen LogP contribution in [0.1, 0.15) is 19.8 Å².